The third-order valence-corrected chi connectivity index (χ3v) is 6.55. The molecule has 1 aliphatic carbocycles. The van der Waals surface area contributed by atoms with Crippen LogP contribution in [0, 0.1) is 0 Å². The van der Waals surface area contributed by atoms with E-state index in [1.807, 2.05) is 24.1 Å². The van der Waals surface area contributed by atoms with E-state index in [1.165, 1.54) is 11.1 Å². The van der Waals surface area contributed by atoms with Crippen molar-refractivity contribution in [1.82, 2.24) is 9.88 Å². The van der Waals surface area contributed by atoms with Crippen molar-refractivity contribution in [2.75, 3.05) is 37.3 Å². The smallest absolute Gasteiger partial charge is 0.229 e. The SMILES string of the molecule is CCCN(C)C(=O)[C@H]1CC2(CCN(c3cc(N)ccn3)CC2)c2ccccc21. The summed E-state index contributed by atoms with van der Waals surface area (Å²) in [5.41, 5.74) is 9.42. The standard InChI is InChI=1S/C23H30N4O/c1-3-12-26(2)22(28)19-16-23(20-7-5-4-6-18(19)20)9-13-27(14-10-23)21-15-17(24)8-11-25-21/h4-8,11,15,19H,3,9-10,12-14,16H2,1-2H3,(H2,24,25)/t19-/m0/s1. The molecule has 1 aromatic heterocycles. The Morgan fingerprint density at radius 2 is 2.04 bits per heavy atom. The van der Waals surface area contributed by atoms with Crippen LogP contribution in [-0.2, 0) is 10.2 Å². The van der Waals surface area contributed by atoms with Crippen molar-refractivity contribution >= 4 is 17.4 Å². The molecule has 5 nitrogen and oxygen atoms in total. The highest BCUT2D eigenvalue weighted by Gasteiger charge is 2.48. The first-order chi connectivity index (χ1) is 13.5. The van der Waals surface area contributed by atoms with E-state index in [-0.39, 0.29) is 17.2 Å². The average molecular weight is 379 g/mol. The van der Waals surface area contributed by atoms with Gasteiger partial charge in [0.1, 0.15) is 5.82 Å². The number of nitrogens with zero attached hydrogens (tertiary/aromatic N) is 3. The van der Waals surface area contributed by atoms with Crippen LogP contribution in [0.25, 0.3) is 0 Å². The molecule has 1 atom stereocenters. The molecule has 1 aliphatic heterocycles. The Morgan fingerprint density at radius 1 is 1.29 bits per heavy atom. The molecule has 0 saturated carbocycles. The van der Waals surface area contributed by atoms with Gasteiger partial charge in [0.25, 0.3) is 0 Å². The Balaban J connectivity index is 1.57. The molecule has 1 saturated heterocycles. The summed E-state index contributed by atoms with van der Waals surface area (Å²) in [5, 5.41) is 0. The maximum absolute atomic E-state index is 13.1. The molecule has 0 unspecified atom stereocenters. The van der Waals surface area contributed by atoms with Crippen LogP contribution < -0.4 is 10.6 Å². The normalized spacial score (nSPS) is 20.2. The van der Waals surface area contributed by atoms with Crippen LogP contribution in [0.3, 0.4) is 0 Å². The average Bonchev–Trinajstić information content (AvgIpc) is 3.02. The number of aromatic nitrogens is 1. The highest BCUT2D eigenvalue weighted by Crippen LogP contribution is 2.52. The number of hydrogen-bond acceptors (Lipinski definition) is 4. The highest BCUT2D eigenvalue weighted by molar-refractivity contribution is 5.85. The summed E-state index contributed by atoms with van der Waals surface area (Å²) in [6, 6.07) is 12.4. The predicted molar refractivity (Wildman–Crippen MR) is 114 cm³/mol. The van der Waals surface area contributed by atoms with Crippen molar-refractivity contribution < 1.29 is 4.79 Å². The van der Waals surface area contributed by atoms with Gasteiger partial charge in [-0.15, -0.1) is 0 Å². The summed E-state index contributed by atoms with van der Waals surface area (Å²) in [4.78, 5) is 21.9. The van der Waals surface area contributed by atoms with Gasteiger partial charge in [-0.1, -0.05) is 31.2 Å². The van der Waals surface area contributed by atoms with Gasteiger partial charge in [-0.2, -0.15) is 0 Å². The lowest BCUT2D eigenvalue weighted by Crippen LogP contribution is -2.42. The number of nitrogen functional groups attached to an aromatic ring is 1. The fourth-order valence-corrected chi connectivity index (χ4v) is 5.07. The van der Waals surface area contributed by atoms with Crippen molar-refractivity contribution in [1.29, 1.82) is 0 Å². The second-order valence-electron chi connectivity index (χ2n) is 8.32. The van der Waals surface area contributed by atoms with Gasteiger partial charge in [0.15, 0.2) is 0 Å². The van der Waals surface area contributed by atoms with Gasteiger partial charge in [0.05, 0.1) is 5.92 Å². The fraction of sp³-hybridized carbons (Fsp3) is 0.478. The van der Waals surface area contributed by atoms with Crippen LogP contribution in [0.4, 0.5) is 11.5 Å². The van der Waals surface area contributed by atoms with E-state index in [1.54, 1.807) is 6.20 Å². The Morgan fingerprint density at radius 3 is 2.75 bits per heavy atom. The number of pyridine rings is 1. The number of fused-ring (bicyclic) bond motifs is 2. The topological polar surface area (TPSA) is 62.5 Å². The number of anilines is 2. The van der Waals surface area contributed by atoms with E-state index in [0.29, 0.717) is 0 Å². The lowest BCUT2D eigenvalue weighted by molar-refractivity contribution is -0.131. The number of rotatable bonds is 4. The molecule has 2 heterocycles. The molecule has 1 aromatic carbocycles. The molecule has 1 spiro atoms. The van der Waals surface area contributed by atoms with Gasteiger partial charge >= 0.3 is 0 Å². The van der Waals surface area contributed by atoms with Gasteiger partial charge in [0, 0.05) is 50.0 Å². The monoisotopic (exact) mass is 378 g/mol. The fourth-order valence-electron chi connectivity index (χ4n) is 5.07. The number of hydrogen-bond donors (Lipinski definition) is 1. The molecule has 4 rings (SSSR count). The summed E-state index contributed by atoms with van der Waals surface area (Å²) >= 11 is 0. The quantitative estimate of drug-likeness (QED) is 0.884. The number of carbonyl (C=O) groups excluding carboxylic acids is 1. The Kier molecular flexibility index (Phi) is 5.00. The molecule has 5 heteroatoms. The number of likely N-dealkylation sites (N-methyl/N-ethyl adjacent to an activating group) is 1. The zero-order valence-electron chi connectivity index (χ0n) is 16.9. The van der Waals surface area contributed by atoms with Crippen LogP contribution in [0.2, 0.25) is 0 Å². The summed E-state index contributed by atoms with van der Waals surface area (Å²) in [5.74, 6) is 1.22. The number of carbonyl (C=O) groups is 1. The van der Waals surface area contributed by atoms with Gasteiger partial charge in [-0.3, -0.25) is 4.79 Å². The van der Waals surface area contributed by atoms with E-state index < -0.39 is 0 Å². The van der Waals surface area contributed by atoms with E-state index in [2.05, 4.69) is 41.1 Å². The second kappa shape index (κ2) is 7.46. The van der Waals surface area contributed by atoms with Crippen molar-refractivity contribution in [2.45, 2.75) is 43.9 Å². The molecule has 28 heavy (non-hydrogen) atoms. The van der Waals surface area contributed by atoms with E-state index >= 15 is 0 Å². The highest BCUT2D eigenvalue weighted by atomic mass is 16.2. The number of benzene rings is 1. The first-order valence-corrected chi connectivity index (χ1v) is 10.3. The van der Waals surface area contributed by atoms with Gasteiger partial charge in [0.2, 0.25) is 5.91 Å². The van der Waals surface area contributed by atoms with Crippen molar-refractivity contribution in [3.8, 4) is 0 Å². The lowest BCUT2D eigenvalue weighted by Gasteiger charge is -2.41. The first-order valence-electron chi connectivity index (χ1n) is 10.3. The Labute approximate surface area is 167 Å². The zero-order chi connectivity index (χ0) is 19.7. The minimum absolute atomic E-state index is 0.00945. The first kappa shape index (κ1) is 18.8. The zero-order valence-corrected chi connectivity index (χ0v) is 16.9. The molecular weight excluding hydrogens is 348 g/mol. The van der Waals surface area contributed by atoms with Gasteiger partial charge in [-0.05, 0) is 42.9 Å². The maximum atomic E-state index is 13.1. The third-order valence-electron chi connectivity index (χ3n) is 6.55. The molecule has 0 radical (unpaired) electrons. The van der Waals surface area contributed by atoms with Gasteiger partial charge in [-0.25, -0.2) is 4.98 Å². The summed E-state index contributed by atoms with van der Waals surface area (Å²) in [6.45, 7) is 4.82. The Hall–Kier alpha value is -2.56. The van der Waals surface area contributed by atoms with Crippen molar-refractivity contribution in [3.63, 3.8) is 0 Å². The van der Waals surface area contributed by atoms with Gasteiger partial charge < -0.3 is 15.5 Å². The third kappa shape index (κ3) is 3.23. The van der Waals surface area contributed by atoms with Crippen molar-refractivity contribution in [3.05, 3.63) is 53.7 Å². The van der Waals surface area contributed by atoms with E-state index in [0.717, 1.165) is 56.8 Å². The number of amides is 1. The summed E-state index contributed by atoms with van der Waals surface area (Å²) in [7, 11) is 1.94. The molecular formula is C23H30N4O. The molecule has 1 fully saturated rings. The molecule has 0 bridgehead atoms. The largest absolute Gasteiger partial charge is 0.399 e. The second-order valence-corrected chi connectivity index (χ2v) is 8.32. The van der Waals surface area contributed by atoms with E-state index in [4.69, 9.17) is 5.73 Å². The molecule has 2 N–H and O–H groups in total. The number of nitrogens with two attached hydrogens (primary N) is 1. The number of piperidine rings is 1. The molecule has 2 aliphatic rings. The maximum Gasteiger partial charge on any atom is 0.229 e. The van der Waals surface area contributed by atoms with Crippen LogP contribution in [0.15, 0.2) is 42.6 Å². The molecule has 2 aromatic rings. The van der Waals surface area contributed by atoms with Crippen molar-refractivity contribution in [2.24, 2.45) is 0 Å². The molecule has 148 valence electrons. The predicted octanol–water partition coefficient (Wildman–Crippen LogP) is 3.56. The van der Waals surface area contributed by atoms with Crippen LogP contribution in [-0.4, -0.2) is 42.5 Å². The van der Waals surface area contributed by atoms with Crippen LogP contribution in [0.1, 0.15) is 49.7 Å². The minimum atomic E-state index is -0.00945. The van der Waals surface area contributed by atoms with Crippen LogP contribution >= 0.6 is 0 Å². The lowest BCUT2D eigenvalue weighted by atomic mass is 9.73. The Bertz CT molecular complexity index is 857. The summed E-state index contributed by atoms with van der Waals surface area (Å²) < 4.78 is 0. The molecule has 1 amide bonds. The minimum Gasteiger partial charge on any atom is -0.399 e. The van der Waals surface area contributed by atoms with Crippen LogP contribution in [0.5, 0.6) is 0 Å². The van der Waals surface area contributed by atoms with E-state index in [9.17, 15) is 4.79 Å². The summed E-state index contributed by atoms with van der Waals surface area (Å²) in [6.07, 6.45) is 5.78.